The van der Waals surface area contributed by atoms with E-state index < -0.39 is 11.5 Å². The highest BCUT2D eigenvalue weighted by Gasteiger charge is 2.54. The number of nitrogens with zero attached hydrogens (tertiary/aromatic N) is 1. The minimum Gasteiger partial charge on any atom is -0.497 e. The summed E-state index contributed by atoms with van der Waals surface area (Å²) in [5.41, 5.74) is 4.80. The summed E-state index contributed by atoms with van der Waals surface area (Å²) < 4.78 is 12.2. The highest BCUT2D eigenvalue weighted by molar-refractivity contribution is 6.30. The van der Waals surface area contributed by atoms with Crippen LogP contribution in [-0.4, -0.2) is 35.3 Å². The van der Waals surface area contributed by atoms with Crippen molar-refractivity contribution in [2.24, 2.45) is 11.8 Å². The Kier molecular flexibility index (Phi) is 8.34. The van der Waals surface area contributed by atoms with Crippen LogP contribution < -0.4 is 14.8 Å². The lowest BCUT2D eigenvalue weighted by Gasteiger charge is -2.47. The van der Waals surface area contributed by atoms with E-state index >= 15 is 0 Å². The van der Waals surface area contributed by atoms with E-state index in [1.54, 1.807) is 19.2 Å². The summed E-state index contributed by atoms with van der Waals surface area (Å²) >= 11 is 6.23. The fraction of sp³-hybridized carbons (Fsp3) is 0.500. The topological polar surface area (TPSA) is 80.7 Å². The summed E-state index contributed by atoms with van der Waals surface area (Å²) in [6, 6.07) is 15.9. The molecule has 3 aliphatic carbocycles. The van der Waals surface area contributed by atoms with Crippen molar-refractivity contribution in [2.45, 2.75) is 88.5 Å². The molecule has 3 aromatic rings. The van der Waals surface area contributed by atoms with Gasteiger partial charge in [0.25, 0.3) is 0 Å². The number of ether oxygens (including phenoxy) is 2. The standard InChI is InChI=1S/C36H43ClN2O4/c1-23(22-43-32-12-17-38-31-9-4-6-24(2)33(31)32)18-26-19-25-10-11-29(42-3)21-30(25)35(26)13-15-36(16-14-35,34(40)41)39-28-8-5-7-27(37)20-28/h5,7-8,10-12,17,20-21,23-24,26,39H,4,6,9,13-16,18-19,22H2,1-3H3,(H,40,41)/t23-,24-,26-,35?,36?/m1/s1. The Balaban J connectivity index is 1.22. The van der Waals surface area contributed by atoms with Crippen LogP contribution in [-0.2, 0) is 23.1 Å². The fourth-order valence-electron chi connectivity index (χ4n) is 8.20. The molecule has 0 bridgehead atoms. The molecule has 3 atom stereocenters. The zero-order chi connectivity index (χ0) is 30.2. The molecule has 6 rings (SSSR count). The second kappa shape index (κ2) is 12.0. The molecule has 43 heavy (non-hydrogen) atoms. The Morgan fingerprint density at radius 1 is 1.16 bits per heavy atom. The average Bonchev–Trinajstić information content (AvgIpc) is 3.28. The summed E-state index contributed by atoms with van der Waals surface area (Å²) in [5, 5.41) is 14.5. The van der Waals surface area contributed by atoms with Crippen LogP contribution in [0.25, 0.3) is 0 Å². The van der Waals surface area contributed by atoms with Crippen molar-refractivity contribution in [3.05, 3.63) is 82.1 Å². The number of anilines is 1. The van der Waals surface area contributed by atoms with Crippen molar-refractivity contribution in [3.8, 4) is 11.5 Å². The van der Waals surface area contributed by atoms with Gasteiger partial charge in [0.15, 0.2) is 0 Å². The largest absolute Gasteiger partial charge is 0.497 e. The smallest absolute Gasteiger partial charge is 0.329 e. The monoisotopic (exact) mass is 602 g/mol. The van der Waals surface area contributed by atoms with Gasteiger partial charge >= 0.3 is 5.97 Å². The molecule has 228 valence electrons. The maximum Gasteiger partial charge on any atom is 0.329 e. The zero-order valence-electron chi connectivity index (χ0n) is 25.5. The van der Waals surface area contributed by atoms with E-state index in [1.807, 2.05) is 24.4 Å². The van der Waals surface area contributed by atoms with Crippen LogP contribution in [0, 0.1) is 11.8 Å². The number of hydrogen-bond acceptors (Lipinski definition) is 5. The number of aryl methyl sites for hydroxylation is 1. The predicted molar refractivity (Wildman–Crippen MR) is 171 cm³/mol. The molecule has 7 heteroatoms. The highest BCUT2D eigenvalue weighted by atomic mass is 35.5. The van der Waals surface area contributed by atoms with E-state index in [9.17, 15) is 9.90 Å². The van der Waals surface area contributed by atoms with Crippen molar-refractivity contribution in [1.29, 1.82) is 0 Å². The number of methoxy groups -OCH3 is 1. The Morgan fingerprint density at radius 2 is 1.98 bits per heavy atom. The fourth-order valence-corrected chi connectivity index (χ4v) is 8.39. The molecule has 6 nitrogen and oxygen atoms in total. The van der Waals surface area contributed by atoms with Crippen molar-refractivity contribution >= 4 is 23.3 Å². The van der Waals surface area contributed by atoms with E-state index in [0.29, 0.717) is 42.2 Å². The summed E-state index contributed by atoms with van der Waals surface area (Å²) in [7, 11) is 1.71. The normalized spacial score (nSPS) is 26.8. The van der Waals surface area contributed by atoms with Crippen molar-refractivity contribution in [3.63, 3.8) is 0 Å². The lowest BCUT2D eigenvalue weighted by molar-refractivity contribution is -0.144. The highest BCUT2D eigenvalue weighted by Crippen LogP contribution is 2.56. The van der Waals surface area contributed by atoms with Crippen LogP contribution in [0.3, 0.4) is 0 Å². The number of fused-ring (bicyclic) bond motifs is 3. The number of pyridine rings is 1. The first-order chi connectivity index (χ1) is 20.7. The molecule has 0 unspecified atom stereocenters. The number of rotatable bonds is 9. The van der Waals surface area contributed by atoms with Crippen LogP contribution in [0.5, 0.6) is 11.5 Å². The number of carboxylic acids is 1. The lowest BCUT2D eigenvalue weighted by Crippen LogP contribution is -2.53. The van der Waals surface area contributed by atoms with Crippen LogP contribution in [0.2, 0.25) is 5.02 Å². The van der Waals surface area contributed by atoms with Gasteiger partial charge in [-0.25, -0.2) is 4.79 Å². The molecule has 2 N–H and O–H groups in total. The van der Waals surface area contributed by atoms with Gasteiger partial charge in [0, 0.05) is 28.2 Å². The van der Waals surface area contributed by atoms with E-state index in [-0.39, 0.29) is 5.41 Å². The second-order valence-electron chi connectivity index (χ2n) is 13.2. The quantitative estimate of drug-likeness (QED) is 0.257. The molecule has 0 radical (unpaired) electrons. The first-order valence-electron chi connectivity index (χ1n) is 15.8. The second-order valence-corrected chi connectivity index (χ2v) is 13.7. The number of carbonyl (C=O) groups is 1. The number of nitrogens with one attached hydrogen (secondary N) is 1. The molecule has 0 saturated heterocycles. The van der Waals surface area contributed by atoms with Gasteiger partial charge < -0.3 is 19.9 Å². The molecule has 2 aromatic carbocycles. The molecule has 1 saturated carbocycles. The SMILES string of the molecule is COc1ccc2c(c1)C1(CCC(Nc3cccc(Cl)c3)(C(=O)O)CC1)[C@H](C[C@@H](C)COc1ccnc3c1[C@H](C)CCC3)C2. The lowest BCUT2D eigenvalue weighted by atomic mass is 9.59. The molecule has 1 spiro atoms. The van der Waals surface area contributed by atoms with Crippen LogP contribution >= 0.6 is 11.6 Å². The molecular weight excluding hydrogens is 560 g/mol. The first-order valence-corrected chi connectivity index (χ1v) is 16.2. The van der Waals surface area contributed by atoms with Crippen molar-refractivity contribution in [1.82, 2.24) is 4.98 Å². The molecule has 1 heterocycles. The van der Waals surface area contributed by atoms with Crippen LogP contribution in [0.15, 0.2) is 54.7 Å². The average molecular weight is 603 g/mol. The Labute approximate surface area is 260 Å². The van der Waals surface area contributed by atoms with Crippen LogP contribution in [0.4, 0.5) is 5.69 Å². The van der Waals surface area contributed by atoms with Crippen LogP contribution in [0.1, 0.15) is 87.1 Å². The number of carboxylic acid groups (broad SMARTS) is 1. The molecule has 0 aliphatic heterocycles. The Bertz CT molecular complexity index is 1480. The van der Waals surface area contributed by atoms with Gasteiger partial charge in [0.1, 0.15) is 17.0 Å². The van der Waals surface area contributed by atoms with E-state index in [4.69, 9.17) is 21.1 Å². The third kappa shape index (κ3) is 5.71. The zero-order valence-corrected chi connectivity index (χ0v) is 26.3. The minimum absolute atomic E-state index is 0.0998. The van der Waals surface area contributed by atoms with Gasteiger partial charge in [0.2, 0.25) is 0 Å². The third-order valence-electron chi connectivity index (χ3n) is 10.5. The predicted octanol–water partition coefficient (Wildman–Crippen LogP) is 8.21. The van der Waals surface area contributed by atoms with Crippen molar-refractivity contribution in [2.75, 3.05) is 19.0 Å². The van der Waals surface area contributed by atoms with E-state index in [2.05, 4.69) is 42.3 Å². The Hall–Kier alpha value is -3.25. The molecule has 1 aromatic heterocycles. The van der Waals surface area contributed by atoms with Crippen molar-refractivity contribution < 1.29 is 19.4 Å². The number of aliphatic carboxylic acids is 1. The summed E-state index contributed by atoms with van der Waals surface area (Å²) in [5.74, 6) is 2.27. The minimum atomic E-state index is -1.03. The number of aromatic nitrogens is 1. The molecule has 3 aliphatic rings. The van der Waals surface area contributed by atoms with E-state index in [0.717, 1.165) is 49.3 Å². The molecule has 1 fully saturated rings. The van der Waals surface area contributed by atoms with Gasteiger partial charge in [-0.15, -0.1) is 0 Å². The number of hydrogen-bond donors (Lipinski definition) is 2. The van der Waals surface area contributed by atoms with Gasteiger partial charge in [-0.3, -0.25) is 4.98 Å². The number of benzene rings is 2. The maximum atomic E-state index is 12.8. The summed E-state index contributed by atoms with van der Waals surface area (Å²) in [4.78, 5) is 17.4. The molecule has 0 amide bonds. The van der Waals surface area contributed by atoms with Gasteiger partial charge in [-0.2, -0.15) is 0 Å². The Morgan fingerprint density at radius 3 is 2.72 bits per heavy atom. The summed E-state index contributed by atoms with van der Waals surface area (Å²) in [6.07, 6.45) is 9.95. The van der Waals surface area contributed by atoms with E-state index in [1.165, 1.54) is 35.2 Å². The van der Waals surface area contributed by atoms with Gasteiger partial charge in [0.05, 0.1) is 13.7 Å². The number of halogens is 1. The van der Waals surface area contributed by atoms with Gasteiger partial charge in [-0.05, 0) is 128 Å². The maximum absolute atomic E-state index is 12.8. The molecular formula is C36H43ClN2O4. The van der Waals surface area contributed by atoms with Gasteiger partial charge in [-0.1, -0.05) is 37.6 Å². The first kappa shape index (κ1) is 29.8. The summed E-state index contributed by atoms with van der Waals surface area (Å²) in [6.45, 7) is 5.23. The third-order valence-corrected chi connectivity index (χ3v) is 10.7.